The highest BCUT2D eigenvalue weighted by Crippen LogP contribution is 2.05. The van der Waals surface area contributed by atoms with Crippen molar-refractivity contribution >= 4 is 0 Å². The zero-order valence-corrected chi connectivity index (χ0v) is 10.5. The summed E-state index contributed by atoms with van der Waals surface area (Å²) in [4.78, 5) is 4.34. The monoisotopic (exact) mass is 222 g/mol. The molecule has 0 saturated carbocycles. The Kier molecular flexibility index (Phi) is 6.04. The second kappa shape index (κ2) is 7.36. The fraction of sp³-hybridized carbons (Fsp3) is 0.615. The van der Waals surface area contributed by atoms with Gasteiger partial charge in [0.25, 0.3) is 0 Å². The van der Waals surface area contributed by atoms with Crippen molar-refractivity contribution in [3.63, 3.8) is 0 Å². The van der Waals surface area contributed by atoms with Gasteiger partial charge in [0.2, 0.25) is 0 Å². The number of aryl methyl sites for hydroxylation is 2. The molecule has 0 amide bonds. The highest BCUT2D eigenvalue weighted by atomic mass is 16.5. The Balaban J connectivity index is 2.19. The molecule has 1 heterocycles. The second-order valence-electron chi connectivity index (χ2n) is 4.04. The number of nitrogens with one attached hydrogen (secondary N) is 1. The summed E-state index contributed by atoms with van der Waals surface area (Å²) in [7, 11) is 0. The lowest BCUT2D eigenvalue weighted by Gasteiger charge is -2.07. The highest BCUT2D eigenvalue weighted by Gasteiger charge is 1.97. The van der Waals surface area contributed by atoms with E-state index in [1.165, 1.54) is 11.1 Å². The number of nitrogens with zero attached hydrogens (tertiary/aromatic N) is 1. The molecular formula is C13H22N2O. The molecule has 0 bridgehead atoms. The van der Waals surface area contributed by atoms with Crippen molar-refractivity contribution in [2.75, 3.05) is 19.8 Å². The minimum Gasteiger partial charge on any atom is -0.380 e. The third-order valence-corrected chi connectivity index (χ3v) is 2.50. The summed E-state index contributed by atoms with van der Waals surface area (Å²) in [5.74, 6) is 0. The zero-order chi connectivity index (χ0) is 11.8. The number of ether oxygens (including phenoxy) is 1. The zero-order valence-electron chi connectivity index (χ0n) is 10.5. The van der Waals surface area contributed by atoms with Crippen LogP contribution >= 0.6 is 0 Å². The van der Waals surface area contributed by atoms with Gasteiger partial charge in [0.1, 0.15) is 0 Å². The molecule has 0 aliphatic heterocycles. The van der Waals surface area contributed by atoms with Gasteiger partial charge in [-0.25, -0.2) is 0 Å². The number of hydrogen-bond acceptors (Lipinski definition) is 3. The summed E-state index contributed by atoms with van der Waals surface area (Å²) in [6.45, 7) is 9.64. The van der Waals surface area contributed by atoms with Crippen molar-refractivity contribution in [3.8, 4) is 0 Å². The lowest BCUT2D eigenvalue weighted by Crippen LogP contribution is -2.19. The van der Waals surface area contributed by atoms with Crippen LogP contribution in [0.2, 0.25) is 0 Å². The van der Waals surface area contributed by atoms with E-state index >= 15 is 0 Å². The molecule has 90 valence electrons. The normalized spacial score (nSPS) is 10.7. The third kappa shape index (κ3) is 4.73. The van der Waals surface area contributed by atoms with Crippen LogP contribution < -0.4 is 5.32 Å². The molecule has 0 fully saturated rings. The van der Waals surface area contributed by atoms with Crippen molar-refractivity contribution in [3.05, 3.63) is 29.1 Å². The predicted molar refractivity (Wildman–Crippen MR) is 66.5 cm³/mol. The van der Waals surface area contributed by atoms with Gasteiger partial charge in [0.05, 0.1) is 6.61 Å². The van der Waals surface area contributed by atoms with Crippen molar-refractivity contribution in [1.82, 2.24) is 10.3 Å². The van der Waals surface area contributed by atoms with E-state index in [0.717, 1.165) is 38.4 Å². The van der Waals surface area contributed by atoms with Crippen LogP contribution in [0, 0.1) is 13.8 Å². The SMILES string of the molecule is CCCOCCNCc1cnc(C)c(C)c1. The van der Waals surface area contributed by atoms with Gasteiger partial charge in [-0.3, -0.25) is 4.98 Å². The largest absolute Gasteiger partial charge is 0.380 e. The first-order valence-electron chi connectivity index (χ1n) is 5.94. The maximum atomic E-state index is 5.39. The average Bonchev–Trinajstić information content (AvgIpc) is 2.28. The van der Waals surface area contributed by atoms with E-state index in [4.69, 9.17) is 4.74 Å². The van der Waals surface area contributed by atoms with Crippen molar-refractivity contribution < 1.29 is 4.74 Å². The fourth-order valence-corrected chi connectivity index (χ4v) is 1.42. The maximum Gasteiger partial charge on any atom is 0.0591 e. The van der Waals surface area contributed by atoms with Crippen LogP contribution in [0.4, 0.5) is 0 Å². The van der Waals surface area contributed by atoms with E-state index in [9.17, 15) is 0 Å². The number of pyridine rings is 1. The Morgan fingerprint density at radius 3 is 2.81 bits per heavy atom. The lowest BCUT2D eigenvalue weighted by atomic mass is 10.1. The first-order valence-corrected chi connectivity index (χ1v) is 5.94. The van der Waals surface area contributed by atoms with Crippen LogP contribution in [0.25, 0.3) is 0 Å². The fourth-order valence-electron chi connectivity index (χ4n) is 1.42. The summed E-state index contributed by atoms with van der Waals surface area (Å²) in [6.07, 6.45) is 3.02. The Bertz CT molecular complexity index is 313. The molecule has 0 aromatic carbocycles. The van der Waals surface area contributed by atoms with Gasteiger partial charge in [0.15, 0.2) is 0 Å². The van der Waals surface area contributed by atoms with E-state index in [1.807, 2.05) is 13.1 Å². The molecule has 0 spiro atoms. The second-order valence-corrected chi connectivity index (χ2v) is 4.04. The molecule has 3 nitrogen and oxygen atoms in total. The first kappa shape index (κ1) is 13.1. The van der Waals surface area contributed by atoms with Crippen molar-refractivity contribution in [1.29, 1.82) is 0 Å². The summed E-state index contributed by atoms with van der Waals surface area (Å²) in [5.41, 5.74) is 3.59. The Morgan fingerprint density at radius 2 is 2.12 bits per heavy atom. The highest BCUT2D eigenvalue weighted by molar-refractivity contribution is 5.22. The molecule has 1 N–H and O–H groups in total. The molecule has 3 heteroatoms. The van der Waals surface area contributed by atoms with Crippen molar-refractivity contribution in [2.24, 2.45) is 0 Å². The molecule has 16 heavy (non-hydrogen) atoms. The van der Waals surface area contributed by atoms with Crippen molar-refractivity contribution in [2.45, 2.75) is 33.7 Å². The number of rotatable bonds is 7. The molecule has 0 aliphatic carbocycles. The van der Waals surface area contributed by atoms with Gasteiger partial charge in [-0.2, -0.15) is 0 Å². The summed E-state index contributed by atoms with van der Waals surface area (Å²) in [6, 6.07) is 2.18. The number of hydrogen-bond donors (Lipinski definition) is 1. The van der Waals surface area contributed by atoms with Gasteiger partial charge in [-0.05, 0) is 31.4 Å². The van der Waals surface area contributed by atoms with Gasteiger partial charge in [-0.15, -0.1) is 0 Å². The minimum atomic E-state index is 0.784. The third-order valence-electron chi connectivity index (χ3n) is 2.50. The quantitative estimate of drug-likeness (QED) is 0.718. The molecule has 1 rings (SSSR count). The van der Waals surface area contributed by atoms with Gasteiger partial charge >= 0.3 is 0 Å². The van der Waals surface area contributed by atoms with Crippen LogP contribution in [-0.2, 0) is 11.3 Å². The topological polar surface area (TPSA) is 34.1 Å². The molecule has 0 saturated heterocycles. The average molecular weight is 222 g/mol. The number of aromatic nitrogens is 1. The molecule has 1 aromatic rings. The summed E-state index contributed by atoms with van der Waals surface area (Å²) in [5, 5.41) is 3.34. The van der Waals surface area contributed by atoms with Crippen LogP contribution in [0.15, 0.2) is 12.3 Å². The first-order chi connectivity index (χ1) is 7.74. The van der Waals surface area contributed by atoms with Gasteiger partial charge in [0, 0.05) is 31.6 Å². The van der Waals surface area contributed by atoms with Gasteiger partial charge in [-0.1, -0.05) is 13.0 Å². The summed E-state index contributed by atoms with van der Waals surface area (Å²) >= 11 is 0. The Hall–Kier alpha value is -0.930. The summed E-state index contributed by atoms with van der Waals surface area (Å²) < 4.78 is 5.39. The van der Waals surface area contributed by atoms with Crippen LogP contribution in [-0.4, -0.2) is 24.7 Å². The van der Waals surface area contributed by atoms with E-state index in [-0.39, 0.29) is 0 Å². The van der Waals surface area contributed by atoms with Crippen LogP contribution in [0.5, 0.6) is 0 Å². The smallest absolute Gasteiger partial charge is 0.0591 e. The lowest BCUT2D eigenvalue weighted by molar-refractivity contribution is 0.136. The van der Waals surface area contributed by atoms with Gasteiger partial charge < -0.3 is 10.1 Å². The minimum absolute atomic E-state index is 0.784. The Labute approximate surface area is 98.2 Å². The van der Waals surface area contributed by atoms with Crippen LogP contribution in [0.3, 0.4) is 0 Å². The van der Waals surface area contributed by atoms with E-state index in [2.05, 4.69) is 30.2 Å². The molecule has 1 aromatic heterocycles. The Morgan fingerprint density at radius 1 is 1.31 bits per heavy atom. The van der Waals surface area contributed by atoms with Crippen LogP contribution in [0.1, 0.15) is 30.2 Å². The standard InChI is InChI=1S/C13H22N2O/c1-4-6-16-7-5-14-9-13-8-11(2)12(3)15-10-13/h8,10,14H,4-7,9H2,1-3H3. The molecule has 0 unspecified atom stereocenters. The maximum absolute atomic E-state index is 5.39. The van der Waals surface area contributed by atoms with E-state index in [0.29, 0.717) is 0 Å². The predicted octanol–water partition coefficient (Wildman–Crippen LogP) is 2.21. The molecule has 0 aliphatic rings. The molecule has 0 atom stereocenters. The molecular weight excluding hydrogens is 200 g/mol. The molecule has 0 radical (unpaired) electrons. The van der Waals surface area contributed by atoms with E-state index < -0.39 is 0 Å². The van der Waals surface area contributed by atoms with E-state index in [1.54, 1.807) is 0 Å².